The lowest BCUT2D eigenvalue weighted by molar-refractivity contribution is -0.136. The van der Waals surface area contributed by atoms with Crippen molar-refractivity contribution in [1.29, 1.82) is 0 Å². The number of aryl methyl sites for hydroxylation is 1. The van der Waals surface area contributed by atoms with Gasteiger partial charge in [0.05, 0.1) is 5.57 Å². The Labute approximate surface area is 209 Å². The van der Waals surface area contributed by atoms with Gasteiger partial charge in [0.1, 0.15) is 5.71 Å². The molecule has 0 radical (unpaired) electrons. The topological polar surface area (TPSA) is 43.6 Å². The number of carbonyl (C=O) groups is 1. The zero-order valence-corrected chi connectivity index (χ0v) is 21.3. The van der Waals surface area contributed by atoms with Crippen LogP contribution in [0.4, 0.5) is 0 Å². The molecule has 35 heavy (non-hydrogen) atoms. The summed E-state index contributed by atoms with van der Waals surface area (Å²) in [5.41, 5.74) is 5.48. The minimum absolute atomic E-state index is 0.394. The fourth-order valence-corrected chi connectivity index (χ4v) is 5.04. The van der Waals surface area contributed by atoms with Crippen molar-refractivity contribution in [3.05, 3.63) is 77.0 Å². The number of carbonyl (C=O) groups excluding carboxylic acids is 1. The molecular formula is C31H38N2O2. The van der Waals surface area contributed by atoms with Gasteiger partial charge in [-0.2, -0.15) is 0 Å². The lowest BCUT2D eigenvalue weighted by Gasteiger charge is -2.09. The minimum Gasteiger partial charge on any atom is -0.344 e. The maximum absolute atomic E-state index is 12.6. The fourth-order valence-electron chi connectivity index (χ4n) is 5.04. The maximum atomic E-state index is 12.6. The third kappa shape index (κ3) is 6.11. The fraction of sp³-hybridized carbons (Fsp3) is 0.419. The average Bonchev–Trinajstić information content (AvgIpc) is 3.38. The van der Waals surface area contributed by atoms with E-state index in [9.17, 15) is 4.79 Å². The molecule has 1 aromatic heterocycles. The quantitative estimate of drug-likeness (QED) is 0.143. The van der Waals surface area contributed by atoms with Crippen LogP contribution < -0.4 is 0 Å². The molecule has 2 aromatic carbocycles. The van der Waals surface area contributed by atoms with Gasteiger partial charge in [0, 0.05) is 34.3 Å². The van der Waals surface area contributed by atoms with Crippen molar-refractivity contribution >= 4 is 28.7 Å². The third-order valence-electron chi connectivity index (χ3n) is 7.05. The SMILES string of the molecule is CCCCCCCCCCCCn1c(C)c(C=C2C(=O)ON=C2c2ccccc2)c2ccccc21. The summed E-state index contributed by atoms with van der Waals surface area (Å²) < 4.78 is 2.41. The highest BCUT2D eigenvalue weighted by molar-refractivity contribution is 6.31. The Bertz CT molecular complexity index is 1190. The normalized spacial score (nSPS) is 14.6. The van der Waals surface area contributed by atoms with E-state index >= 15 is 0 Å². The lowest BCUT2D eigenvalue weighted by atomic mass is 9.99. The Balaban J connectivity index is 1.45. The van der Waals surface area contributed by atoms with Crippen LogP contribution in [0.3, 0.4) is 0 Å². The van der Waals surface area contributed by atoms with Gasteiger partial charge in [-0.15, -0.1) is 0 Å². The molecule has 1 aliphatic rings. The van der Waals surface area contributed by atoms with Gasteiger partial charge in [0.2, 0.25) is 0 Å². The van der Waals surface area contributed by atoms with E-state index in [1.807, 2.05) is 36.4 Å². The van der Waals surface area contributed by atoms with E-state index < -0.39 is 5.97 Å². The van der Waals surface area contributed by atoms with Crippen LogP contribution in [0.5, 0.6) is 0 Å². The zero-order valence-electron chi connectivity index (χ0n) is 21.3. The van der Waals surface area contributed by atoms with Crippen LogP contribution in [-0.4, -0.2) is 16.2 Å². The second-order valence-corrected chi connectivity index (χ2v) is 9.59. The number of fused-ring (bicyclic) bond motifs is 1. The Morgan fingerprint density at radius 3 is 2.17 bits per heavy atom. The van der Waals surface area contributed by atoms with Crippen LogP contribution in [0.2, 0.25) is 0 Å². The van der Waals surface area contributed by atoms with E-state index in [4.69, 9.17) is 4.84 Å². The molecule has 4 rings (SSSR count). The number of benzene rings is 2. The molecule has 0 saturated carbocycles. The molecule has 184 valence electrons. The van der Waals surface area contributed by atoms with Crippen molar-refractivity contribution in [2.45, 2.75) is 84.6 Å². The standard InChI is InChI=1S/C31H38N2O2/c1-3-4-5-6-7-8-9-10-11-17-22-33-24(2)27(26-20-15-16-21-29(26)33)23-28-30(32-35-31(28)34)25-18-13-12-14-19-25/h12-16,18-21,23H,3-11,17,22H2,1-2H3. The zero-order chi connectivity index (χ0) is 24.5. The molecule has 0 saturated heterocycles. The van der Waals surface area contributed by atoms with Gasteiger partial charge >= 0.3 is 5.97 Å². The second-order valence-electron chi connectivity index (χ2n) is 9.59. The van der Waals surface area contributed by atoms with Gasteiger partial charge in [-0.25, -0.2) is 4.79 Å². The van der Waals surface area contributed by atoms with E-state index in [0.717, 1.165) is 23.1 Å². The summed E-state index contributed by atoms with van der Waals surface area (Å²) in [4.78, 5) is 17.7. The predicted molar refractivity (Wildman–Crippen MR) is 146 cm³/mol. The van der Waals surface area contributed by atoms with Crippen molar-refractivity contribution in [2.24, 2.45) is 5.16 Å². The summed E-state index contributed by atoms with van der Waals surface area (Å²) in [5, 5.41) is 5.24. The minimum atomic E-state index is -0.394. The first-order chi connectivity index (χ1) is 17.2. The van der Waals surface area contributed by atoms with Gasteiger partial charge in [0.25, 0.3) is 0 Å². The van der Waals surface area contributed by atoms with Crippen molar-refractivity contribution in [1.82, 2.24) is 4.57 Å². The number of rotatable bonds is 13. The Morgan fingerprint density at radius 1 is 0.829 bits per heavy atom. The molecule has 0 atom stereocenters. The average molecular weight is 471 g/mol. The van der Waals surface area contributed by atoms with Crippen LogP contribution in [-0.2, 0) is 16.2 Å². The van der Waals surface area contributed by atoms with Crippen LogP contribution in [0, 0.1) is 6.92 Å². The van der Waals surface area contributed by atoms with Crippen LogP contribution >= 0.6 is 0 Å². The molecule has 0 bridgehead atoms. The highest BCUT2D eigenvalue weighted by Gasteiger charge is 2.27. The van der Waals surface area contributed by atoms with Gasteiger partial charge in [0.15, 0.2) is 0 Å². The first kappa shape index (κ1) is 25.0. The Kier molecular flexibility index (Phi) is 8.94. The summed E-state index contributed by atoms with van der Waals surface area (Å²) in [6.45, 7) is 5.42. The Morgan fingerprint density at radius 2 is 1.46 bits per heavy atom. The van der Waals surface area contributed by atoms with E-state index in [0.29, 0.717) is 11.3 Å². The van der Waals surface area contributed by atoms with Crippen LogP contribution in [0.1, 0.15) is 88.0 Å². The third-order valence-corrected chi connectivity index (χ3v) is 7.05. The molecule has 0 fully saturated rings. The number of oxime groups is 1. The molecule has 4 heteroatoms. The summed E-state index contributed by atoms with van der Waals surface area (Å²) in [7, 11) is 0. The molecule has 0 amide bonds. The summed E-state index contributed by atoms with van der Waals surface area (Å²) >= 11 is 0. The van der Waals surface area contributed by atoms with Gasteiger partial charge in [-0.05, 0) is 25.5 Å². The molecule has 0 spiro atoms. The van der Waals surface area contributed by atoms with Crippen LogP contribution in [0.25, 0.3) is 17.0 Å². The largest absolute Gasteiger partial charge is 0.368 e. The molecule has 3 aromatic rings. The molecular weight excluding hydrogens is 432 g/mol. The summed E-state index contributed by atoms with van der Waals surface area (Å²) in [6.07, 6.45) is 15.3. The van der Waals surface area contributed by atoms with Gasteiger partial charge < -0.3 is 9.40 Å². The number of nitrogens with zero attached hydrogens (tertiary/aromatic N) is 2. The van der Waals surface area contributed by atoms with E-state index in [1.165, 1.54) is 75.4 Å². The molecule has 4 nitrogen and oxygen atoms in total. The smallest absolute Gasteiger partial charge is 0.344 e. The monoisotopic (exact) mass is 470 g/mol. The maximum Gasteiger partial charge on any atom is 0.368 e. The number of para-hydroxylation sites is 1. The first-order valence-corrected chi connectivity index (χ1v) is 13.4. The summed E-state index contributed by atoms with van der Waals surface area (Å²) in [6, 6.07) is 18.2. The van der Waals surface area contributed by atoms with Crippen molar-refractivity contribution in [2.75, 3.05) is 0 Å². The van der Waals surface area contributed by atoms with Gasteiger partial charge in [-0.1, -0.05) is 118 Å². The van der Waals surface area contributed by atoms with E-state index in [2.05, 4.69) is 47.8 Å². The number of hydrogen-bond donors (Lipinski definition) is 0. The highest BCUT2D eigenvalue weighted by Crippen LogP contribution is 2.30. The molecule has 0 unspecified atom stereocenters. The highest BCUT2D eigenvalue weighted by atomic mass is 16.7. The van der Waals surface area contributed by atoms with Crippen molar-refractivity contribution in [3.8, 4) is 0 Å². The summed E-state index contributed by atoms with van der Waals surface area (Å²) in [5.74, 6) is -0.394. The Hall–Kier alpha value is -3.14. The second kappa shape index (κ2) is 12.5. The van der Waals surface area contributed by atoms with Crippen molar-refractivity contribution in [3.63, 3.8) is 0 Å². The van der Waals surface area contributed by atoms with Crippen LogP contribution in [0.15, 0.2) is 65.3 Å². The van der Waals surface area contributed by atoms with E-state index in [1.54, 1.807) is 0 Å². The molecule has 0 aliphatic carbocycles. The molecule has 0 N–H and O–H groups in total. The predicted octanol–water partition coefficient (Wildman–Crippen LogP) is 8.22. The number of unbranched alkanes of at least 4 members (excludes halogenated alkanes) is 9. The van der Waals surface area contributed by atoms with Crippen molar-refractivity contribution < 1.29 is 9.63 Å². The molecule has 1 aliphatic heterocycles. The molecule has 2 heterocycles. The first-order valence-electron chi connectivity index (χ1n) is 13.4. The number of hydrogen-bond acceptors (Lipinski definition) is 3. The van der Waals surface area contributed by atoms with Gasteiger partial charge in [-0.3, -0.25) is 0 Å². The lowest BCUT2D eigenvalue weighted by Crippen LogP contribution is -2.07. The number of aromatic nitrogens is 1. The van der Waals surface area contributed by atoms with E-state index in [-0.39, 0.29) is 0 Å².